The number of aromatic nitrogens is 2. The number of halogens is 1. The smallest absolute Gasteiger partial charge is 0.226 e. The Kier molecular flexibility index (Phi) is 7.60. The molecule has 1 aromatic heterocycles. The Balaban J connectivity index is 1.29. The van der Waals surface area contributed by atoms with Crippen LogP contribution in [0.15, 0.2) is 22.0 Å². The van der Waals surface area contributed by atoms with Crippen LogP contribution in [-0.2, 0) is 19.0 Å². The van der Waals surface area contributed by atoms with E-state index in [0.29, 0.717) is 32.3 Å². The van der Waals surface area contributed by atoms with Crippen LogP contribution in [0.5, 0.6) is 0 Å². The molecule has 2 aliphatic heterocycles. The first-order valence-electron chi connectivity index (χ1n) is 8.91. The number of hydrogen-bond acceptors (Lipinski definition) is 8. The van der Waals surface area contributed by atoms with Gasteiger partial charge >= 0.3 is 0 Å². The first-order chi connectivity index (χ1) is 12.7. The molecule has 2 saturated heterocycles. The Bertz CT molecular complexity index is 573. The quantitative estimate of drug-likeness (QED) is 0.441. The summed E-state index contributed by atoms with van der Waals surface area (Å²) in [5, 5.41) is 4.17. The molecular formula is C17H25BrN4O4. The summed E-state index contributed by atoms with van der Waals surface area (Å²) < 4.78 is 17.6. The van der Waals surface area contributed by atoms with Crippen molar-refractivity contribution in [3.8, 4) is 0 Å². The fraction of sp³-hybridized carbons (Fsp3) is 0.706. The van der Waals surface area contributed by atoms with Gasteiger partial charge in [-0.05, 0) is 35.2 Å². The summed E-state index contributed by atoms with van der Waals surface area (Å²) >= 11 is 3.33. The van der Waals surface area contributed by atoms with Crippen molar-refractivity contribution in [2.45, 2.75) is 38.1 Å². The third-order valence-corrected chi connectivity index (χ3v) is 4.71. The van der Waals surface area contributed by atoms with E-state index in [1.165, 1.54) is 0 Å². The van der Waals surface area contributed by atoms with Crippen molar-refractivity contribution >= 4 is 27.6 Å². The molecule has 0 amide bonds. The number of ether oxygens (including phenoxy) is 3. The minimum atomic E-state index is -0.0932. The third-order valence-electron chi connectivity index (χ3n) is 4.30. The summed E-state index contributed by atoms with van der Waals surface area (Å²) in [7, 11) is 1.68. The first-order valence-corrected chi connectivity index (χ1v) is 9.70. The third kappa shape index (κ3) is 5.87. The van der Waals surface area contributed by atoms with Gasteiger partial charge in [0.2, 0.25) is 5.95 Å². The highest BCUT2D eigenvalue weighted by Gasteiger charge is 2.25. The number of hydrogen-bond donors (Lipinski definition) is 0. The van der Waals surface area contributed by atoms with E-state index < -0.39 is 0 Å². The molecule has 3 heterocycles. The van der Waals surface area contributed by atoms with Gasteiger partial charge in [-0.25, -0.2) is 9.97 Å². The highest BCUT2D eigenvalue weighted by molar-refractivity contribution is 9.10. The Morgan fingerprint density at radius 1 is 1.35 bits per heavy atom. The second kappa shape index (κ2) is 10.1. The van der Waals surface area contributed by atoms with Crippen molar-refractivity contribution in [3.05, 3.63) is 16.9 Å². The van der Waals surface area contributed by atoms with Crippen LogP contribution in [0.25, 0.3) is 0 Å². The van der Waals surface area contributed by atoms with Crippen molar-refractivity contribution in [3.63, 3.8) is 0 Å². The molecule has 3 rings (SSSR count). The molecule has 2 atom stereocenters. The van der Waals surface area contributed by atoms with Gasteiger partial charge in [0.05, 0.1) is 36.0 Å². The van der Waals surface area contributed by atoms with Gasteiger partial charge < -0.3 is 23.9 Å². The lowest BCUT2D eigenvalue weighted by Crippen LogP contribution is -2.48. The summed E-state index contributed by atoms with van der Waals surface area (Å²) in [6.07, 6.45) is 7.31. The molecule has 0 N–H and O–H groups in total. The van der Waals surface area contributed by atoms with Gasteiger partial charge in [-0.15, -0.1) is 0 Å². The lowest BCUT2D eigenvalue weighted by Gasteiger charge is -2.31. The largest absolute Gasteiger partial charge is 0.396 e. The van der Waals surface area contributed by atoms with E-state index >= 15 is 0 Å². The fourth-order valence-corrected chi connectivity index (χ4v) is 2.91. The van der Waals surface area contributed by atoms with Gasteiger partial charge in [0.25, 0.3) is 0 Å². The topological polar surface area (TPSA) is 78.3 Å². The highest BCUT2D eigenvalue weighted by atomic mass is 79.9. The fourth-order valence-electron chi connectivity index (χ4n) is 2.71. The Morgan fingerprint density at radius 3 is 2.85 bits per heavy atom. The van der Waals surface area contributed by atoms with Gasteiger partial charge in [-0.2, -0.15) is 0 Å². The zero-order valence-corrected chi connectivity index (χ0v) is 16.6. The Morgan fingerprint density at radius 2 is 2.15 bits per heavy atom. The van der Waals surface area contributed by atoms with E-state index in [2.05, 4.69) is 31.1 Å². The zero-order valence-electron chi connectivity index (χ0n) is 15.0. The normalized spacial score (nSPS) is 21.2. The molecule has 0 bridgehead atoms. The summed E-state index contributed by atoms with van der Waals surface area (Å²) in [5.74, 6) is 0.702. The molecule has 0 radical (unpaired) electrons. The first kappa shape index (κ1) is 19.5. The number of rotatable bonds is 9. The van der Waals surface area contributed by atoms with E-state index in [4.69, 9.17) is 19.0 Å². The Hall–Kier alpha value is -1.29. The number of methoxy groups -OCH3 is 1. The lowest BCUT2D eigenvalue weighted by molar-refractivity contribution is -0.178. The maximum atomic E-state index is 5.76. The molecule has 0 aromatic carbocycles. The predicted molar refractivity (Wildman–Crippen MR) is 100 cm³/mol. The average Bonchev–Trinajstić information content (AvgIpc) is 2.64. The molecule has 0 saturated carbocycles. The van der Waals surface area contributed by atoms with Crippen LogP contribution in [0.2, 0.25) is 0 Å². The van der Waals surface area contributed by atoms with Gasteiger partial charge in [0.1, 0.15) is 6.61 Å². The minimum absolute atomic E-state index is 0.0187. The van der Waals surface area contributed by atoms with Gasteiger partial charge in [-0.3, -0.25) is 0 Å². The van der Waals surface area contributed by atoms with Crippen LogP contribution in [0.3, 0.4) is 0 Å². The van der Waals surface area contributed by atoms with Crippen LogP contribution < -0.4 is 4.90 Å². The van der Waals surface area contributed by atoms with Crippen LogP contribution >= 0.6 is 15.9 Å². The van der Waals surface area contributed by atoms with Crippen LogP contribution in [0.1, 0.15) is 25.7 Å². The maximum absolute atomic E-state index is 5.76. The van der Waals surface area contributed by atoms with E-state index in [-0.39, 0.29) is 12.4 Å². The highest BCUT2D eigenvalue weighted by Crippen LogP contribution is 2.16. The van der Waals surface area contributed by atoms with Crippen LogP contribution in [0.4, 0.5) is 5.95 Å². The number of nitrogens with zero attached hydrogens (tertiary/aromatic N) is 4. The monoisotopic (exact) mass is 428 g/mol. The maximum Gasteiger partial charge on any atom is 0.226 e. The second-order valence-electron chi connectivity index (χ2n) is 6.32. The Labute approximate surface area is 162 Å². The molecule has 8 nitrogen and oxygen atoms in total. The van der Waals surface area contributed by atoms with Crippen molar-refractivity contribution < 1.29 is 19.0 Å². The van der Waals surface area contributed by atoms with E-state index in [0.717, 1.165) is 42.5 Å². The summed E-state index contributed by atoms with van der Waals surface area (Å²) in [4.78, 5) is 16.0. The molecule has 2 fully saturated rings. The molecule has 2 aliphatic rings. The summed E-state index contributed by atoms with van der Waals surface area (Å²) in [5.41, 5.74) is 0.984. The molecule has 2 unspecified atom stereocenters. The number of anilines is 1. The molecule has 144 valence electrons. The molecular weight excluding hydrogens is 404 g/mol. The van der Waals surface area contributed by atoms with Crippen molar-refractivity contribution in [1.29, 1.82) is 0 Å². The standard InChI is InChI=1S/C17H25BrN4O4/c1-23-15(12-25-16-4-2-3-6-24-16)5-7-26-21-14-10-22(11-14)17-19-8-13(18)9-20-17/h8-9,15-16H,2-7,10-12H2,1H3. The molecule has 0 spiro atoms. The van der Waals surface area contributed by atoms with Crippen molar-refractivity contribution in [2.24, 2.45) is 5.16 Å². The molecule has 0 aliphatic carbocycles. The number of oxime groups is 1. The van der Waals surface area contributed by atoms with E-state index in [1.807, 2.05) is 4.90 Å². The predicted octanol–water partition coefficient (Wildman–Crippen LogP) is 2.38. The zero-order chi connectivity index (χ0) is 18.2. The molecule has 26 heavy (non-hydrogen) atoms. The van der Waals surface area contributed by atoms with Crippen LogP contribution in [0, 0.1) is 0 Å². The SMILES string of the molecule is COC(CCON=C1CN(c2ncc(Br)cn2)C1)COC1CCCCO1. The minimum Gasteiger partial charge on any atom is -0.396 e. The summed E-state index contributed by atoms with van der Waals surface area (Å²) in [6.45, 7) is 3.17. The van der Waals surface area contributed by atoms with Gasteiger partial charge in [0.15, 0.2) is 6.29 Å². The molecule has 9 heteroatoms. The van der Waals surface area contributed by atoms with Crippen LogP contribution in [-0.4, -0.2) is 68.1 Å². The summed E-state index contributed by atoms with van der Waals surface area (Å²) in [6, 6.07) is 0. The van der Waals surface area contributed by atoms with E-state index in [9.17, 15) is 0 Å². The van der Waals surface area contributed by atoms with Crippen molar-refractivity contribution in [1.82, 2.24) is 9.97 Å². The van der Waals surface area contributed by atoms with Gasteiger partial charge in [-0.1, -0.05) is 5.16 Å². The average molecular weight is 429 g/mol. The lowest BCUT2D eigenvalue weighted by atomic mass is 10.2. The van der Waals surface area contributed by atoms with Gasteiger partial charge in [0, 0.05) is 32.5 Å². The van der Waals surface area contributed by atoms with E-state index in [1.54, 1.807) is 19.5 Å². The van der Waals surface area contributed by atoms with Crippen molar-refractivity contribution in [2.75, 3.05) is 44.9 Å². The molecule has 1 aromatic rings. The second-order valence-corrected chi connectivity index (χ2v) is 7.24.